The Labute approximate surface area is 179 Å². The number of benzene rings is 2. The van der Waals surface area contributed by atoms with E-state index in [0.717, 1.165) is 18.2 Å². The van der Waals surface area contributed by atoms with Crippen molar-refractivity contribution in [1.29, 1.82) is 0 Å². The van der Waals surface area contributed by atoms with Gasteiger partial charge in [0.2, 0.25) is 5.91 Å². The van der Waals surface area contributed by atoms with Gasteiger partial charge in [-0.15, -0.1) is 0 Å². The van der Waals surface area contributed by atoms with Crippen LogP contribution < -0.4 is 10.6 Å². The molecule has 2 aromatic carbocycles. The van der Waals surface area contributed by atoms with Crippen LogP contribution >= 0.6 is 0 Å². The molecule has 0 saturated carbocycles. The van der Waals surface area contributed by atoms with Crippen LogP contribution in [0.1, 0.15) is 54.1 Å². The van der Waals surface area contributed by atoms with Crippen LogP contribution in [0, 0.1) is 6.92 Å². The fourth-order valence-electron chi connectivity index (χ4n) is 2.99. The second kappa shape index (κ2) is 10.4. The average molecular weight is 431 g/mol. The lowest BCUT2D eigenvalue weighted by atomic mass is 9.98. The summed E-state index contributed by atoms with van der Waals surface area (Å²) in [6.45, 7) is 6.12. The van der Waals surface area contributed by atoms with Crippen LogP contribution in [-0.2, 0) is 14.6 Å². The highest BCUT2D eigenvalue weighted by Gasteiger charge is 2.23. The van der Waals surface area contributed by atoms with Gasteiger partial charge in [0.25, 0.3) is 5.91 Å². The molecule has 0 aromatic heterocycles. The van der Waals surface area contributed by atoms with Crippen LogP contribution in [0.5, 0.6) is 0 Å². The monoisotopic (exact) mass is 430 g/mol. The summed E-state index contributed by atoms with van der Waals surface area (Å²) in [5, 5.41) is 5.46. The van der Waals surface area contributed by atoms with Crippen LogP contribution in [0.15, 0.2) is 48.5 Å². The van der Waals surface area contributed by atoms with Crippen molar-refractivity contribution in [2.45, 2.75) is 45.6 Å². The number of sulfone groups is 1. The molecule has 7 heteroatoms. The molecule has 0 aliphatic heterocycles. The smallest absolute Gasteiger partial charge is 0.251 e. The molecule has 0 aliphatic rings. The predicted molar refractivity (Wildman–Crippen MR) is 121 cm³/mol. The minimum Gasteiger partial charge on any atom is -0.340 e. The Kier molecular flexibility index (Phi) is 8.17. The minimum atomic E-state index is -3.28. The number of nitrogens with one attached hydrogen (secondary N) is 2. The van der Waals surface area contributed by atoms with Gasteiger partial charge in [-0.1, -0.05) is 43.7 Å². The molecule has 30 heavy (non-hydrogen) atoms. The number of aryl methyl sites for hydroxylation is 1. The van der Waals surface area contributed by atoms with Gasteiger partial charge in [-0.3, -0.25) is 9.59 Å². The van der Waals surface area contributed by atoms with Crippen molar-refractivity contribution in [1.82, 2.24) is 5.32 Å². The first-order chi connectivity index (χ1) is 14.1. The van der Waals surface area contributed by atoms with Crippen LogP contribution in [0.2, 0.25) is 0 Å². The van der Waals surface area contributed by atoms with Crippen LogP contribution in [-0.4, -0.2) is 38.3 Å². The van der Waals surface area contributed by atoms with Gasteiger partial charge in [-0.2, -0.15) is 0 Å². The lowest BCUT2D eigenvalue weighted by molar-refractivity contribution is -0.118. The number of hydrogen-bond donors (Lipinski definition) is 2. The first-order valence-electron chi connectivity index (χ1n) is 10.0. The summed E-state index contributed by atoms with van der Waals surface area (Å²) >= 11 is 0. The highest BCUT2D eigenvalue weighted by molar-refractivity contribution is 7.90. The summed E-state index contributed by atoms with van der Waals surface area (Å²) in [5.41, 5.74) is 3.12. The van der Waals surface area contributed by atoms with Crippen molar-refractivity contribution in [3.63, 3.8) is 0 Å². The second-order valence-electron chi connectivity index (χ2n) is 7.73. The molecule has 2 amide bonds. The highest BCUT2D eigenvalue weighted by Crippen LogP contribution is 2.20. The minimum absolute atomic E-state index is 0.00677. The number of carbonyl (C=O) groups is 2. The predicted octanol–water partition coefficient (Wildman–Crippen LogP) is 3.68. The maximum Gasteiger partial charge on any atom is 0.251 e. The topological polar surface area (TPSA) is 92.3 Å². The molecule has 0 aliphatic carbocycles. The summed E-state index contributed by atoms with van der Waals surface area (Å²) < 4.78 is 23.2. The summed E-state index contributed by atoms with van der Waals surface area (Å²) in [6, 6.07) is 13.6. The molecule has 2 N–H and O–H groups in total. The molecule has 0 saturated heterocycles. The lowest BCUT2D eigenvalue weighted by Crippen LogP contribution is -2.44. The SMILES string of the molecule is CCC(C)c1ccc(NC(=O)C(CCS(C)(=O)=O)NC(=O)c2cccc(C)c2)cc1. The summed E-state index contributed by atoms with van der Waals surface area (Å²) in [4.78, 5) is 25.4. The van der Waals surface area contributed by atoms with Crippen molar-refractivity contribution < 1.29 is 18.0 Å². The molecule has 0 heterocycles. The van der Waals surface area contributed by atoms with Crippen molar-refractivity contribution >= 4 is 27.3 Å². The van der Waals surface area contributed by atoms with E-state index in [1.807, 2.05) is 37.3 Å². The maximum absolute atomic E-state index is 12.8. The third-order valence-electron chi connectivity index (χ3n) is 5.04. The molecule has 0 fully saturated rings. The molecule has 2 rings (SSSR count). The third-order valence-corrected chi connectivity index (χ3v) is 6.02. The second-order valence-corrected chi connectivity index (χ2v) is 9.99. The zero-order valence-corrected chi connectivity index (χ0v) is 18.8. The van der Waals surface area contributed by atoms with Gasteiger partial charge < -0.3 is 10.6 Å². The van der Waals surface area contributed by atoms with Gasteiger partial charge in [0, 0.05) is 17.5 Å². The fourth-order valence-corrected chi connectivity index (χ4v) is 3.65. The Morgan fingerprint density at radius 3 is 2.30 bits per heavy atom. The molecule has 0 bridgehead atoms. The third kappa shape index (κ3) is 7.30. The Morgan fingerprint density at radius 2 is 1.73 bits per heavy atom. The van der Waals surface area contributed by atoms with Gasteiger partial charge in [0.1, 0.15) is 15.9 Å². The standard InChI is InChI=1S/C23H30N2O4S/c1-5-17(3)18-9-11-20(12-10-18)24-23(27)21(13-14-30(4,28)29)25-22(26)19-8-6-7-16(2)15-19/h6-12,15,17,21H,5,13-14H2,1-4H3,(H,24,27)(H,25,26). The zero-order chi connectivity index (χ0) is 22.3. The van der Waals surface area contributed by atoms with Gasteiger partial charge in [-0.25, -0.2) is 8.42 Å². The van der Waals surface area contributed by atoms with E-state index in [1.165, 1.54) is 5.56 Å². The van der Waals surface area contributed by atoms with Crippen LogP contribution in [0.4, 0.5) is 5.69 Å². The first kappa shape index (κ1) is 23.6. The maximum atomic E-state index is 12.8. The zero-order valence-electron chi connectivity index (χ0n) is 17.9. The van der Waals surface area contributed by atoms with E-state index >= 15 is 0 Å². The van der Waals surface area contributed by atoms with E-state index in [2.05, 4.69) is 24.5 Å². The van der Waals surface area contributed by atoms with Gasteiger partial charge in [0.05, 0.1) is 5.75 Å². The number of anilines is 1. The molecule has 162 valence electrons. The first-order valence-corrected chi connectivity index (χ1v) is 12.1. The molecule has 2 aromatic rings. The Morgan fingerprint density at radius 1 is 1.07 bits per heavy atom. The van der Waals surface area contributed by atoms with Crippen LogP contribution in [0.3, 0.4) is 0 Å². The van der Waals surface area contributed by atoms with Gasteiger partial charge >= 0.3 is 0 Å². The highest BCUT2D eigenvalue weighted by atomic mass is 32.2. The number of carbonyl (C=O) groups excluding carboxylic acids is 2. The number of hydrogen-bond acceptors (Lipinski definition) is 4. The van der Waals surface area contributed by atoms with Crippen molar-refractivity contribution in [3.05, 3.63) is 65.2 Å². The van der Waals surface area contributed by atoms with E-state index in [0.29, 0.717) is 17.2 Å². The van der Waals surface area contributed by atoms with Gasteiger partial charge in [0.15, 0.2) is 0 Å². The fraction of sp³-hybridized carbons (Fsp3) is 0.391. The summed E-state index contributed by atoms with van der Waals surface area (Å²) in [6.07, 6.45) is 2.12. The van der Waals surface area contributed by atoms with Crippen molar-refractivity contribution in [2.24, 2.45) is 0 Å². The van der Waals surface area contributed by atoms with E-state index < -0.39 is 27.7 Å². The molecule has 2 atom stereocenters. The average Bonchev–Trinajstić information content (AvgIpc) is 2.70. The van der Waals surface area contributed by atoms with E-state index in [4.69, 9.17) is 0 Å². The molecule has 2 unspecified atom stereocenters. The largest absolute Gasteiger partial charge is 0.340 e. The van der Waals surface area contributed by atoms with E-state index in [-0.39, 0.29) is 12.2 Å². The van der Waals surface area contributed by atoms with E-state index in [9.17, 15) is 18.0 Å². The summed E-state index contributed by atoms with van der Waals surface area (Å²) in [5.74, 6) is -0.645. The molecular formula is C23H30N2O4S. The van der Waals surface area contributed by atoms with Crippen molar-refractivity contribution in [3.8, 4) is 0 Å². The van der Waals surface area contributed by atoms with Crippen LogP contribution in [0.25, 0.3) is 0 Å². The Bertz CT molecular complexity index is 985. The Hall–Kier alpha value is -2.67. The molecule has 6 nitrogen and oxygen atoms in total. The lowest BCUT2D eigenvalue weighted by Gasteiger charge is -2.19. The number of amides is 2. The normalized spacial score (nSPS) is 13.3. The molecule has 0 radical (unpaired) electrons. The Balaban J connectivity index is 2.14. The van der Waals surface area contributed by atoms with Gasteiger partial charge in [-0.05, 0) is 55.5 Å². The molecule has 0 spiro atoms. The number of rotatable bonds is 9. The van der Waals surface area contributed by atoms with E-state index in [1.54, 1.807) is 18.2 Å². The van der Waals surface area contributed by atoms with Crippen molar-refractivity contribution in [2.75, 3.05) is 17.3 Å². The summed E-state index contributed by atoms with van der Waals surface area (Å²) in [7, 11) is -3.28. The molecular weight excluding hydrogens is 400 g/mol. The quantitative estimate of drug-likeness (QED) is 0.635.